The molecule has 4 nitrogen and oxygen atoms in total. The van der Waals surface area contributed by atoms with Gasteiger partial charge in [0.2, 0.25) is 5.91 Å². The van der Waals surface area contributed by atoms with E-state index in [1.54, 1.807) is 0 Å². The van der Waals surface area contributed by atoms with E-state index in [9.17, 15) is 4.79 Å². The number of aryl methyl sites for hydroxylation is 1. The Morgan fingerprint density at radius 3 is 2.76 bits per heavy atom. The molecule has 0 aliphatic rings. The maximum absolute atomic E-state index is 10.9. The molecule has 2 N–H and O–H groups in total. The first kappa shape index (κ1) is 11.6. The zero-order valence-electron chi connectivity index (χ0n) is 10.2. The van der Waals surface area contributed by atoms with Crippen LogP contribution in [0.15, 0.2) is 24.3 Å². The predicted molar refractivity (Wildman–Crippen MR) is 67.6 cm³/mol. The first-order valence-electron chi connectivity index (χ1n) is 5.83. The van der Waals surface area contributed by atoms with Crippen LogP contribution in [0.1, 0.15) is 32.0 Å². The van der Waals surface area contributed by atoms with Gasteiger partial charge in [-0.25, -0.2) is 4.98 Å². The van der Waals surface area contributed by atoms with Gasteiger partial charge in [-0.3, -0.25) is 4.79 Å². The molecule has 1 aromatic carbocycles. The number of amides is 1. The van der Waals surface area contributed by atoms with E-state index < -0.39 is 0 Å². The fraction of sp³-hybridized carbons (Fsp3) is 0.385. The van der Waals surface area contributed by atoms with Crippen molar-refractivity contribution in [3.05, 3.63) is 30.1 Å². The summed E-state index contributed by atoms with van der Waals surface area (Å²) < 4.78 is 2.09. The number of benzene rings is 1. The highest BCUT2D eigenvalue weighted by molar-refractivity contribution is 5.77. The van der Waals surface area contributed by atoms with Gasteiger partial charge in [0.1, 0.15) is 5.82 Å². The molecule has 0 aliphatic heterocycles. The Labute approximate surface area is 100 Å². The van der Waals surface area contributed by atoms with Crippen LogP contribution in [0.4, 0.5) is 0 Å². The highest BCUT2D eigenvalue weighted by atomic mass is 16.1. The molecule has 4 heteroatoms. The van der Waals surface area contributed by atoms with Crippen LogP contribution in [0.25, 0.3) is 11.0 Å². The summed E-state index contributed by atoms with van der Waals surface area (Å²) in [6.45, 7) is 4.80. The third-order valence-electron chi connectivity index (χ3n) is 2.78. The quantitative estimate of drug-likeness (QED) is 0.875. The van der Waals surface area contributed by atoms with Gasteiger partial charge in [-0.1, -0.05) is 26.0 Å². The highest BCUT2D eigenvalue weighted by Gasteiger charge is 2.13. The van der Waals surface area contributed by atoms with Gasteiger partial charge in [-0.05, 0) is 12.1 Å². The topological polar surface area (TPSA) is 60.9 Å². The lowest BCUT2D eigenvalue weighted by Gasteiger charge is -2.10. The van der Waals surface area contributed by atoms with E-state index in [1.807, 2.05) is 24.3 Å². The Morgan fingerprint density at radius 2 is 2.12 bits per heavy atom. The van der Waals surface area contributed by atoms with E-state index in [0.717, 1.165) is 16.9 Å². The second-order valence-electron chi connectivity index (χ2n) is 4.48. The van der Waals surface area contributed by atoms with Gasteiger partial charge >= 0.3 is 0 Å². The van der Waals surface area contributed by atoms with Crippen LogP contribution in [0.2, 0.25) is 0 Å². The van der Waals surface area contributed by atoms with E-state index in [1.165, 1.54) is 0 Å². The molecule has 0 fully saturated rings. The SMILES string of the molecule is CC(C)c1nc2ccccc2n1CCC(N)=O. The molecule has 0 bridgehead atoms. The van der Waals surface area contributed by atoms with Gasteiger partial charge < -0.3 is 10.3 Å². The molecule has 0 saturated carbocycles. The Balaban J connectivity index is 2.48. The summed E-state index contributed by atoms with van der Waals surface area (Å²) in [5, 5.41) is 0. The van der Waals surface area contributed by atoms with E-state index in [2.05, 4.69) is 23.4 Å². The van der Waals surface area contributed by atoms with Gasteiger partial charge in [0.25, 0.3) is 0 Å². The Hall–Kier alpha value is -1.84. The maximum Gasteiger partial charge on any atom is 0.219 e. The highest BCUT2D eigenvalue weighted by Crippen LogP contribution is 2.21. The number of imidazole rings is 1. The summed E-state index contributed by atoms with van der Waals surface area (Å²) >= 11 is 0. The number of aromatic nitrogens is 2. The smallest absolute Gasteiger partial charge is 0.219 e. The largest absolute Gasteiger partial charge is 0.370 e. The molecular formula is C13H17N3O. The molecule has 0 saturated heterocycles. The predicted octanol–water partition coefficient (Wildman–Crippen LogP) is 2.04. The van der Waals surface area contributed by atoms with Crippen molar-refractivity contribution >= 4 is 16.9 Å². The monoisotopic (exact) mass is 231 g/mol. The van der Waals surface area contributed by atoms with E-state index >= 15 is 0 Å². The molecule has 0 radical (unpaired) electrons. The van der Waals surface area contributed by atoms with Crippen molar-refractivity contribution in [1.29, 1.82) is 0 Å². The zero-order valence-corrected chi connectivity index (χ0v) is 10.2. The average molecular weight is 231 g/mol. The summed E-state index contributed by atoms with van der Waals surface area (Å²) in [6.07, 6.45) is 0.347. The number of carbonyl (C=O) groups excluding carboxylic acids is 1. The number of rotatable bonds is 4. The second kappa shape index (κ2) is 4.57. The van der Waals surface area contributed by atoms with Crippen molar-refractivity contribution in [2.75, 3.05) is 0 Å². The average Bonchev–Trinajstić information content (AvgIpc) is 2.65. The van der Waals surface area contributed by atoms with Gasteiger partial charge in [-0.2, -0.15) is 0 Å². The van der Waals surface area contributed by atoms with Crippen molar-refractivity contribution in [2.24, 2.45) is 5.73 Å². The summed E-state index contributed by atoms with van der Waals surface area (Å²) in [5.74, 6) is 1.06. The Bertz CT molecular complexity index is 543. The number of nitrogens with zero attached hydrogens (tertiary/aromatic N) is 2. The Morgan fingerprint density at radius 1 is 1.41 bits per heavy atom. The van der Waals surface area contributed by atoms with Gasteiger partial charge in [0.05, 0.1) is 11.0 Å². The number of para-hydroxylation sites is 2. The van der Waals surface area contributed by atoms with Crippen LogP contribution in [0, 0.1) is 0 Å². The molecular weight excluding hydrogens is 214 g/mol. The fourth-order valence-electron chi connectivity index (χ4n) is 1.99. The molecule has 0 aliphatic carbocycles. The van der Waals surface area contributed by atoms with Crippen molar-refractivity contribution in [1.82, 2.24) is 9.55 Å². The van der Waals surface area contributed by atoms with Crippen molar-refractivity contribution in [2.45, 2.75) is 32.7 Å². The third kappa shape index (κ3) is 2.30. The molecule has 2 rings (SSSR count). The van der Waals surface area contributed by atoms with Gasteiger partial charge in [0.15, 0.2) is 0 Å². The normalized spacial score (nSPS) is 11.2. The van der Waals surface area contributed by atoms with Crippen molar-refractivity contribution < 1.29 is 4.79 Å². The van der Waals surface area contributed by atoms with E-state index in [0.29, 0.717) is 18.9 Å². The molecule has 17 heavy (non-hydrogen) atoms. The maximum atomic E-state index is 10.9. The van der Waals surface area contributed by atoms with Crippen LogP contribution in [-0.4, -0.2) is 15.5 Å². The lowest BCUT2D eigenvalue weighted by Crippen LogP contribution is -2.15. The fourth-order valence-corrected chi connectivity index (χ4v) is 1.99. The second-order valence-corrected chi connectivity index (χ2v) is 4.48. The van der Waals surface area contributed by atoms with Crippen LogP contribution >= 0.6 is 0 Å². The first-order chi connectivity index (χ1) is 8.09. The van der Waals surface area contributed by atoms with Crippen LogP contribution in [0.5, 0.6) is 0 Å². The van der Waals surface area contributed by atoms with Gasteiger partial charge in [0, 0.05) is 18.9 Å². The number of primary amides is 1. The summed E-state index contributed by atoms with van der Waals surface area (Å²) in [6, 6.07) is 7.96. The lowest BCUT2D eigenvalue weighted by molar-refractivity contribution is -0.118. The number of hydrogen-bond acceptors (Lipinski definition) is 2. The minimum Gasteiger partial charge on any atom is -0.370 e. The number of fused-ring (bicyclic) bond motifs is 1. The number of hydrogen-bond donors (Lipinski definition) is 1. The molecule has 0 unspecified atom stereocenters. The first-order valence-corrected chi connectivity index (χ1v) is 5.83. The standard InChI is InChI=1S/C13H17N3O/c1-9(2)13-15-10-5-3-4-6-11(10)16(13)8-7-12(14)17/h3-6,9H,7-8H2,1-2H3,(H2,14,17). The van der Waals surface area contributed by atoms with E-state index in [-0.39, 0.29) is 5.91 Å². The minimum atomic E-state index is -0.280. The zero-order chi connectivity index (χ0) is 12.4. The van der Waals surface area contributed by atoms with Crippen molar-refractivity contribution in [3.63, 3.8) is 0 Å². The molecule has 90 valence electrons. The van der Waals surface area contributed by atoms with Gasteiger partial charge in [-0.15, -0.1) is 0 Å². The summed E-state index contributed by atoms with van der Waals surface area (Å²) in [4.78, 5) is 15.5. The third-order valence-corrected chi connectivity index (χ3v) is 2.78. The molecule has 1 amide bonds. The lowest BCUT2D eigenvalue weighted by atomic mass is 10.2. The molecule has 0 atom stereocenters. The molecule has 1 aromatic heterocycles. The van der Waals surface area contributed by atoms with Crippen LogP contribution in [-0.2, 0) is 11.3 Å². The summed E-state index contributed by atoms with van der Waals surface area (Å²) in [5.41, 5.74) is 7.25. The van der Waals surface area contributed by atoms with Crippen molar-refractivity contribution in [3.8, 4) is 0 Å². The number of nitrogens with two attached hydrogens (primary N) is 1. The summed E-state index contributed by atoms with van der Waals surface area (Å²) in [7, 11) is 0. The van der Waals surface area contributed by atoms with Crippen LogP contribution in [0.3, 0.4) is 0 Å². The molecule has 0 spiro atoms. The number of carbonyl (C=O) groups is 1. The van der Waals surface area contributed by atoms with E-state index in [4.69, 9.17) is 5.73 Å². The Kier molecular flexibility index (Phi) is 3.13. The minimum absolute atomic E-state index is 0.280. The van der Waals surface area contributed by atoms with Crippen LogP contribution < -0.4 is 5.73 Å². The molecule has 2 aromatic rings. The molecule has 1 heterocycles.